The van der Waals surface area contributed by atoms with Crippen LogP contribution in [0.3, 0.4) is 0 Å². The Balaban J connectivity index is 1.62. The highest BCUT2D eigenvalue weighted by molar-refractivity contribution is 7.10. The molecular formula is C17H16N4OS. The van der Waals surface area contributed by atoms with Gasteiger partial charge >= 0.3 is 0 Å². The fourth-order valence-corrected chi connectivity index (χ4v) is 2.73. The quantitative estimate of drug-likeness (QED) is 0.734. The fourth-order valence-electron chi connectivity index (χ4n) is 2.12. The van der Waals surface area contributed by atoms with Crippen molar-refractivity contribution in [3.8, 4) is 11.3 Å². The third-order valence-corrected chi connectivity index (χ3v) is 4.18. The van der Waals surface area contributed by atoms with Gasteiger partial charge in [0.25, 0.3) is 0 Å². The molecule has 0 aliphatic heterocycles. The summed E-state index contributed by atoms with van der Waals surface area (Å²) in [5.74, 6) is -0.120. The molecule has 1 N–H and O–H groups in total. The lowest BCUT2D eigenvalue weighted by Gasteiger charge is -2.02. The van der Waals surface area contributed by atoms with E-state index in [1.165, 1.54) is 0 Å². The van der Waals surface area contributed by atoms with E-state index in [4.69, 9.17) is 0 Å². The molecule has 1 amide bonds. The Kier molecular flexibility index (Phi) is 4.63. The molecule has 0 spiro atoms. The summed E-state index contributed by atoms with van der Waals surface area (Å²) in [5, 5.41) is 9.32. The van der Waals surface area contributed by atoms with Crippen LogP contribution in [0.25, 0.3) is 17.3 Å². The first kappa shape index (κ1) is 15.2. The van der Waals surface area contributed by atoms with Gasteiger partial charge < -0.3 is 5.32 Å². The van der Waals surface area contributed by atoms with Gasteiger partial charge in [0.15, 0.2) is 0 Å². The Labute approximate surface area is 138 Å². The van der Waals surface area contributed by atoms with E-state index >= 15 is 0 Å². The lowest BCUT2D eigenvalue weighted by Crippen LogP contribution is -2.21. The summed E-state index contributed by atoms with van der Waals surface area (Å²) in [7, 11) is 1.87. The van der Waals surface area contributed by atoms with Gasteiger partial charge in [0.05, 0.1) is 17.9 Å². The summed E-state index contributed by atoms with van der Waals surface area (Å²) in [6.45, 7) is 0.433. The van der Waals surface area contributed by atoms with Crippen LogP contribution in [-0.2, 0) is 18.4 Å². The van der Waals surface area contributed by atoms with Crippen LogP contribution in [0.4, 0.5) is 0 Å². The number of thiophene rings is 1. The van der Waals surface area contributed by atoms with Gasteiger partial charge in [-0.1, -0.05) is 6.07 Å². The minimum atomic E-state index is -0.120. The van der Waals surface area contributed by atoms with Crippen LogP contribution in [0, 0.1) is 0 Å². The molecule has 6 heteroatoms. The Morgan fingerprint density at radius 3 is 2.91 bits per heavy atom. The summed E-state index contributed by atoms with van der Waals surface area (Å²) in [5.41, 5.74) is 2.81. The number of hydrogen-bond acceptors (Lipinski definition) is 4. The first-order valence-electron chi connectivity index (χ1n) is 7.15. The molecule has 0 aliphatic carbocycles. The van der Waals surface area contributed by atoms with Gasteiger partial charge in [0.1, 0.15) is 0 Å². The number of nitrogens with zero attached hydrogens (tertiary/aromatic N) is 3. The zero-order valence-corrected chi connectivity index (χ0v) is 13.5. The molecule has 0 aliphatic rings. The van der Waals surface area contributed by atoms with Gasteiger partial charge in [0.2, 0.25) is 5.91 Å². The van der Waals surface area contributed by atoms with Crippen LogP contribution in [0.5, 0.6) is 0 Å². The number of carbonyl (C=O) groups excluding carboxylic acids is 1. The fraction of sp³-hybridized carbons (Fsp3) is 0.118. The maximum absolute atomic E-state index is 11.9. The summed E-state index contributed by atoms with van der Waals surface area (Å²) in [6, 6.07) is 9.72. The minimum Gasteiger partial charge on any atom is -0.347 e. The Hall–Kier alpha value is -2.73. The predicted octanol–water partition coefficient (Wildman–Crippen LogP) is 2.87. The maximum Gasteiger partial charge on any atom is 0.244 e. The van der Waals surface area contributed by atoms with Crippen LogP contribution in [-0.4, -0.2) is 20.7 Å². The van der Waals surface area contributed by atoms with E-state index in [0.29, 0.717) is 6.54 Å². The van der Waals surface area contributed by atoms with Crippen molar-refractivity contribution in [2.24, 2.45) is 7.05 Å². The SMILES string of the molecule is Cn1nc(-c2ccncc2)cc1CNC(=O)C=Cc1cccs1. The molecule has 0 radical (unpaired) electrons. The summed E-state index contributed by atoms with van der Waals surface area (Å²) < 4.78 is 1.78. The zero-order chi connectivity index (χ0) is 16.1. The van der Waals surface area contributed by atoms with Crippen molar-refractivity contribution in [2.75, 3.05) is 0 Å². The van der Waals surface area contributed by atoms with Crippen LogP contribution >= 0.6 is 11.3 Å². The van der Waals surface area contributed by atoms with Crippen LogP contribution in [0.1, 0.15) is 10.6 Å². The van der Waals surface area contributed by atoms with E-state index in [0.717, 1.165) is 21.8 Å². The standard InChI is InChI=1S/C17H16N4OS/c1-21-14(11-16(20-21)13-6-8-18-9-7-13)12-19-17(22)5-4-15-3-2-10-23-15/h2-11H,12H2,1H3,(H,19,22). The second-order valence-electron chi connectivity index (χ2n) is 4.95. The van der Waals surface area contributed by atoms with E-state index in [1.807, 2.05) is 48.8 Å². The van der Waals surface area contributed by atoms with Gasteiger partial charge in [-0.3, -0.25) is 14.5 Å². The third-order valence-electron chi connectivity index (χ3n) is 3.34. The topological polar surface area (TPSA) is 59.8 Å². The first-order valence-corrected chi connectivity index (χ1v) is 8.03. The van der Waals surface area contributed by atoms with Crippen molar-refractivity contribution in [3.05, 3.63) is 64.8 Å². The molecule has 0 aromatic carbocycles. The largest absolute Gasteiger partial charge is 0.347 e. The molecule has 116 valence electrons. The molecule has 3 aromatic heterocycles. The van der Waals surface area contributed by atoms with E-state index in [-0.39, 0.29) is 5.91 Å². The highest BCUT2D eigenvalue weighted by atomic mass is 32.1. The van der Waals surface area contributed by atoms with Gasteiger partial charge in [-0.15, -0.1) is 11.3 Å². The molecule has 5 nitrogen and oxygen atoms in total. The van der Waals surface area contributed by atoms with Gasteiger partial charge in [-0.25, -0.2) is 0 Å². The average molecular weight is 324 g/mol. The van der Waals surface area contributed by atoms with Crippen LogP contribution in [0.15, 0.2) is 54.2 Å². The molecule has 0 saturated carbocycles. The van der Waals surface area contributed by atoms with Crippen molar-refractivity contribution >= 4 is 23.3 Å². The second kappa shape index (κ2) is 7.02. The number of nitrogens with one attached hydrogen (secondary N) is 1. The molecular weight excluding hydrogens is 308 g/mol. The van der Waals surface area contributed by atoms with E-state index < -0.39 is 0 Å². The number of hydrogen-bond donors (Lipinski definition) is 1. The van der Waals surface area contributed by atoms with Crippen molar-refractivity contribution < 1.29 is 4.79 Å². The molecule has 3 aromatic rings. The highest BCUT2D eigenvalue weighted by Gasteiger charge is 2.07. The molecule has 0 saturated heterocycles. The van der Waals surface area contributed by atoms with Gasteiger partial charge in [-0.05, 0) is 35.7 Å². The van der Waals surface area contributed by atoms with Gasteiger partial charge in [0, 0.05) is 36.0 Å². The summed E-state index contributed by atoms with van der Waals surface area (Å²) >= 11 is 1.60. The molecule has 0 bridgehead atoms. The van der Waals surface area contributed by atoms with Crippen molar-refractivity contribution in [1.29, 1.82) is 0 Å². The van der Waals surface area contributed by atoms with Crippen molar-refractivity contribution in [1.82, 2.24) is 20.1 Å². The first-order chi connectivity index (χ1) is 11.2. The molecule has 23 heavy (non-hydrogen) atoms. The smallest absolute Gasteiger partial charge is 0.244 e. The number of aryl methyl sites for hydroxylation is 1. The normalized spacial score (nSPS) is 11.0. The number of carbonyl (C=O) groups is 1. The second-order valence-corrected chi connectivity index (χ2v) is 5.93. The minimum absolute atomic E-state index is 0.120. The van der Waals surface area contributed by atoms with Gasteiger partial charge in [-0.2, -0.15) is 5.10 Å². The number of amides is 1. The number of aromatic nitrogens is 3. The van der Waals surface area contributed by atoms with Crippen molar-refractivity contribution in [3.63, 3.8) is 0 Å². The highest BCUT2D eigenvalue weighted by Crippen LogP contribution is 2.17. The molecule has 0 unspecified atom stereocenters. The lowest BCUT2D eigenvalue weighted by atomic mass is 10.2. The lowest BCUT2D eigenvalue weighted by molar-refractivity contribution is -0.116. The number of rotatable bonds is 5. The van der Waals surface area contributed by atoms with E-state index in [9.17, 15) is 4.79 Å². The third kappa shape index (κ3) is 3.92. The Morgan fingerprint density at radius 1 is 1.35 bits per heavy atom. The summed E-state index contributed by atoms with van der Waals surface area (Å²) in [4.78, 5) is 16.9. The summed E-state index contributed by atoms with van der Waals surface area (Å²) in [6.07, 6.45) is 6.83. The van der Waals surface area contributed by atoms with Crippen LogP contribution in [0.2, 0.25) is 0 Å². The zero-order valence-electron chi connectivity index (χ0n) is 12.6. The van der Waals surface area contributed by atoms with E-state index in [1.54, 1.807) is 34.5 Å². The average Bonchev–Trinajstić information content (AvgIpc) is 3.21. The van der Waals surface area contributed by atoms with Crippen LogP contribution < -0.4 is 5.32 Å². The Bertz CT molecular complexity index is 807. The number of pyridine rings is 1. The van der Waals surface area contributed by atoms with Crippen molar-refractivity contribution in [2.45, 2.75) is 6.54 Å². The molecule has 0 atom stereocenters. The molecule has 0 fully saturated rings. The Morgan fingerprint density at radius 2 is 2.17 bits per heavy atom. The monoisotopic (exact) mass is 324 g/mol. The maximum atomic E-state index is 11.9. The molecule has 3 rings (SSSR count). The van der Waals surface area contributed by atoms with E-state index in [2.05, 4.69) is 15.4 Å². The molecule has 3 heterocycles. The predicted molar refractivity (Wildman–Crippen MR) is 91.6 cm³/mol.